The molecule has 0 aromatic rings. The van der Waals surface area contributed by atoms with Crippen LogP contribution in [-0.2, 0) is 4.74 Å². The van der Waals surface area contributed by atoms with Crippen LogP contribution in [-0.4, -0.2) is 28.7 Å². The standard InChI is InChI=1S/C10H22O3/c1-4-7-9(8(11)5-2)13-10(12)6-3/h8-12H,4-7H2,1-3H3. The van der Waals surface area contributed by atoms with Gasteiger partial charge in [0.2, 0.25) is 0 Å². The zero-order chi connectivity index (χ0) is 10.3. The lowest BCUT2D eigenvalue weighted by Crippen LogP contribution is -2.32. The van der Waals surface area contributed by atoms with E-state index in [0.717, 1.165) is 12.8 Å². The van der Waals surface area contributed by atoms with Crippen LogP contribution in [0.15, 0.2) is 0 Å². The molecule has 0 aliphatic heterocycles. The number of hydrogen-bond acceptors (Lipinski definition) is 3. The minimum Gasteiger partial charge on any atom is -0.390 e. The molecule has 0 heterocycles. The lowest BCUT2D eigenvalue weighted by Gasteiger charge is -2.24. The van der Waals surface area contributed by atoms with E-state index >= 15 is 0 Å². The number of aliphatic hydroxyl groups is 2. The third-order valence-electron chi connectivity index (χ3n) is 2.10. The molecule has 0 bridgehead atoms. The van der Waals surface area contributed by atoms with E-state index in [2.05, 4.69) is 0 Å². The highest BCUT2D eigenvalue weighted by atomic mass is 16.6. The molecule has 0 aliphatic rings. The highest BCUT2D eigenvalue weighted by Crippen LogP contribution is 2.12. The van der Waals surface area contributed by atoms with Crippen molar-refractivity contribution in [2.45, 2.75) is 65.0 Å². The molecular weight excluding hydrogens is 168 g/mol. The topological polar surface area (TPSA) is 49.7 Å². The van der Waals surface area contributed by atoms with Crippen LogP contribution in [0.2, 0.25) is 0 Å². The van der Waals surface area contributed by atoms with E-state index in [9.17, 15) is 10.2 Å². The first kappa shape index (κ1) is 12.9. The van der Waals surface area contributed by atoms with Gasteiger partial charge in [0.05, 0.1) is 12.2 Å². The SMILES string of the molecule is CCCC(OC(O)CC)C(O)CC. The summed E-state index contributed by atoms with van der Waals surface area (Å²) in [6.07, 6.45) is 1.57. The van der Waals surface area contributed by atoms with Crippen molar-refractivity contribution in [1.82, 2.24) is 0 Å². The summed E-state index contributed by atoms with van der Waals surface area (Å²) in [5.41, 5.74) is 0. The van der Waals surface area contributed by atoms with Gasteiger partial charge in [-0.1, -0.05) is 27.2 Å². The quantitative estimate of drug-likeness (QED) is 0.600. The summed E-state index contributed by atoms with van der Waals surface area (Å²) < 4.78 is 5.30. The summed E-state index contributed by atoms with van der Waals surface area (Å²) in [5, 5.41) is 18.8. The van der Waals surface area contributed by atoms with Crippen LogP contribution >= 0.6 is 0 Å². The van der Waals surface area contributed by atoms with Crippen molar-refractivity contribution in [3.63, 3.8) is 0 Å². The Labute approximate surface area is 80.7 Å². The molecule has 3 atom stereocenters. The van der Waals surface area contributed by atoms with Crippen molar-refractivity contribution in [3.05, 3.63) is 0 Å². The lowest BCUT2D eigenvalue weighted by atomic mass is 10.1. The minimum atomic E-state index is -0.738. The van der Waals surface area contributed by atoms with Crippen molar-refractivity contribution in [3.8, 4) is 0 Å². The second-order valence-electron chi connectivity index (χ2n) is 3.30. The third-order valence-corrected chi connectivity index (χ3v) is 2.10. The lowest BCUT2D eigenvalue weighted by molar-refractivity contribution is -0.167. The molecule has 3 heteroatoms. The molecule has 0 rings (SSSR count). The smallest absolute Gasteiger partial charge is 0.154 e. The zero-order valence-electron chi connectivity index (χ0n) is 8.86. The fourth-order valence-corrected chi connectivity index (χ4v) is 1.20. The van der Waals surface area contributed by atoms with Gasteiger partial charge in [0, 0.05) is 0 Å². The molecular formula is C10H22O3. The van der Waals surface area contributed by atoms with Crippen molar-refractivity contribution in [1.29, 1.82) is 0 Å². The molecule has 3 unspecified atom stereocenters. The number of ether oxygens (including phenoxy) is 1. The van der Waals surface area contributed by atoms with E-state index in [1.165, 1.54) is 0 Å². The third kappa shape index (κ3) is 5.24. The zero-order valence-corrected chi connectivity index (χ0v) is 8.86. The molecule has 0 aromatic carbocycles. The van der Waals surface area contributed by atoms with Gasteiger partial charge in [-0.3, -0.25) is 0 Å². The van der Waals surface area contributed by atoms with Crippen LogP contribution < -0.4 is 0 Å². The van der Waals surface area contributed by atoms with Crippen LogP contribution in [0, 0.1) is 0 Å². The second-order valence-corrected chi connectivity index (χ2v) is 3.30. The maximum atomic E-state index is 9.56. The van der Waals surface area contributed by atoms with E-state index in [1.54, 1.807) is 0 Å². The van der Waals surface area contributed by atoms with E-state index < -0.39 is 12.4 Å². The average Bonchev–Trinajstić information content (AvgIpc) is 2.15. The van der Waals surface area contributed by atoms with E-state index in [4.69, 9.17) is 4.74 Å². The number of aliphatic hydroxyl groups excluding tert-OH is 2. The van der Waals surface area contributed by atoms with Crippen LogP contribution in [0.5, 0.6) is 0 Å². The molecule has 13 heavy (non-hydrogen) atoms. The summed E-state index contributed by atoms with van der Waals surface area (Å²) in [5.74, 6) is 0. The summed E-state index contributed by atoms with van der Waals surface area (Å²) >= 11 is 0. The van der Waals surface area contributed by atoms with Gasteiger partial charge in [-0.2, -0.15) is 0 Å². The molecule has 0 amide bonds. The van der Waals surface area contributed by atoms with Crippen molar-refractivity contribution >= 4 is 0 Å². The van der Waals surface area contributed by atoms with E-state index in [-0.39, 0.29) is 6.10 Å². The largest absolute Gasteiger partial charge is 0.390 e. The Hall–Kier alpha value is -0.120. The highest BCUT2D eigenvalue weighted by molar-refractivity contribution is 4.67. The molecule has 0 aromatic heterocycles. The van der Waals surface area contributed by atoms with Gasteiger partial charge in [-0.25, -0.2) is 0 Å². The predicted molar refractivity (Wildman–Crippen MR) is 52.4 cm³/mol. The molecule has 3 nitrogen and oxygen atoms in total. The van der Waals surface area contributed by atoms with E-state index in [1.807, 2.05) is 20.8 Å². The van der Waals surface area contributed by atoms with Gasteiger partial charge in [0.25, 0.3) is 0 Å². The predicted octanol–water partition coefficient (Wildman–Crippen LogP) is 1.67. The Morgan fingerprint density at radius 1 is 1.08 bits per heavy atom. The van der Waals surface area contributed by atoms with Gasteiger partial charge < -0.3 is 14.9 Å². The summed E-state index contributed by atoms with van der Waals surface area (Å²) in [6, 6.07) is 0. The fourth-order valence-electron chi connectivity index (χ4n) is 1.20. The Morgan fingerprint density at radius 2 is 1.69 bits per heavy atom. The Kier molecular flexibility index (Phi) is 7.23. The Bertz CT molecular complexity index is 117. The first-order valence-electron chi connectivity index (χ1n) is 5.17. The molecule has 0 spiro atoms. The molecule has 0 aliphatic carbocycles. The molecule has 0 radical (unpaired) electrons. The number of hydrogen-bond donors (Lipinski definition) is 2. The van der Waals surface area contributed by atoms with Crippen LogP contribution in [0.4, 0.5) is 0 Å². The highest BCUT2D eigenvalue weighted by Gasteiger charge is 2.19. The van der Waals surface area contributed by atoms with Crippen LogP contribution in [0.1, 0.15) is 46.5 Å². The van der Waals surface area contributed by atoms with Crippen LogP contribution in [0.25, 0.3) is 0 Å². The monoisotopic (exact) mass is 190 g/mol. The molecule has 80 valence electrons. The minimum absolute atomic E-state index is 0.218. The maximum Gasteiger partial charge on any atom is 0.154 e. The molecule has 0 saturated carbocycles. The van der Waals surface area contributed by atoms with Gasteiger partial charge >= 0.3 is 0 Å². The second kappa shape index (κ2) is 7.30. The van der Waals surface area contributed by atoms with Gasteiger partial charge in [0.1, 0.15) is 0 Å². The van der Waals surface area contributed by atoms with Gasteiger partial charge in [-0.15, -0.1) is 0 Å². The number of rotatable bonds is 7. The first-order chi connectivity index (χ1) is 6.15. The maximum absolute atomic E-state index is 9.56. The van der Waals surface area contributed by atoms with Crippen LogP contribution in [0.3, 0.4) is 0 Å². The summed E-state index contributed by atoms with van der Waals surface area (Å²) in [6.45, 7) is 5.80. The van der Waals surface area contributed by atoms with Crippen molar-refractivity contribution in [2.75, 3.05) is 0 Å². The van der Waals surface area contributed by atoms with Gasteiger partial charge in [0.15, 0.2) is 6.29 Å². The first-order valence-corrected chi connectivity index (χ1v) is 5.17. The molecule has 0 saturated heterocycles. The normalized spacial score (nSPS) is 18.2. The Morgan fingerprint density at radius 3 is 2.08 bits per heavy atom. The molecule has 2 N–H and O–H groups in total. The van der Waals surface area contributed by atoms with Crippen molar-refractivity contribution < 1.29 is 14.9 Å². The summed E-state index contributed by atoms with van der Waals surface area (Å²) in [7, 11) is 0. The average molecular weight is 190 g/mol. The summed E-state index contributed by atoms with van der Waals surface area (Å²) in [4.78, 5) is 0. The van der Waals surface area contributed by atoms with E-state index in [0.29, 0.717) is 12.8 Å². The molecule has 0 fully saturated rings. The Balaban J connectivity index is 3.92. The van der Waals surface area contributed by atoms with Crippen molar-refractivity contribution in [2.24, 2.45) is 0 Å². The van der Waals surface area contributed by atoms with Gasteiger partial charge in [-0.05, 0) is 19.3 Å². The fraction of sp³-hybridized carbons (Fsp3) is 1.00.